The summed E-state index contributed by atoms with van der Waals surface area (Å²) in [5, 5.41) is 0.651. The van der Waals surface area contributed by atoms with Crippen LogP contribution >= 0.6 is 11.6 Å². The fourth-order valence-corrected chi connectivity index (χ4v) is 2.51. The standard InChI is InChI=1S/C17H12ClNO2/c18-13-7-3-5-12(11-13)6-4-10-19-16(20)14-8-1-2-9-15(14)17(19)21/h1-9,11H,10H2/b6-4+. The molecule has 0 saturated carbocycles. The molecule has 0 N–H and O–H groups in total. The Bertz CT molecular complexity index is 717. The van der Waals surface area contributed by atoms with Crippen LogP contribution < -0.4 is 0 Å². The molecule has 104 valence electrons. The maximum Gasteiger partial charge on any atom is 0.261 e. The summed E-state index contributed by atoms with van der Waals surface area (Å²) >= 11 is 5.91. The smallest absolute Gasteiger partial charge is 0.261 e. The van der Waals surface area contributed by atoms with E-state index in [9.17, 15) is 9.59 Å². The predicted molar refractivity (Wildman–Crippen MR) is 82.3 cm³/mol. The SMILES string of the molecule is O=C1c2ccccc2C(=O)N1C/C=C/c1cccc(Cl)c1. The third-order valence-electron chi connectivity index (χ3n) is 3.33. The fourth-order valence-electron chi connectivity index (χ4n) is 2.31. The molecule has 2 aromatic rings. The number of halogens is 1. The minimum Gasteiger partial charge on any atom is -0.270 e. The first kappa shape index (κ1) is 13.6. The lowest BCUT2D eigenvalue weighted by atomic mass is 10.1. The Labute approximate surface area is 127 Å². The summed E-state index contributed by atoms with van der Waals surface area (Å²) in [6.07, 6.45) is 3.63. The predicted octanol–water partition coefficient (Wildman–Crippen LogP) is 3.65. The number of imide groups is 1. The van der Waals surface area contributed by atoms with Gasteiger partial charge in [-0.2, -0.15) is 0 Å². The van der Waals surface area contributed by atoms with Crippen LogP contribution in [0.1, 0.15) is 26.3 Å². The van der Waals surface area contributed by atoms with Crippen LogP contribution in [0.15, 0.2) is 54.6 Å². The van der Waals surface area contributed by atoms with Crippen molar-refractivity contribution in [2.24, 2.45) is 0 Å². The number of carbonyl (C=O) groups excluding carboxylic acids is 2. The van der Waals surface area contributed by atoms with Crippen LogP contribution in [0.2, 0.25) is 5.02 Å². The summed E-state index contributed by atoms with van der Waals surface area (Å²) in [4.78, 5) is 25.5. The molecule has 0 aliphatic carbocycles. The van der Waals surface area contributed by atoms with Crippen LogP contribution in [0.3, 0.4) is 0 Å². The molecule has 2 amide bonds. The Kier molecular flexibility index (Phi) is 3.59. The van der Waals surface area contributed by atoms with E-state index in [1.54, 1.807) is 36.4 Å². The molecular formula is C17H12ClNO2. The van der Waals surface area contributed by atoms with Gasteiger partial charge in [-0.1, -0.05) is 48.0 Å². The zero-order valence-corrected chi connectivity index (χ0v) is 11.9. The van der Waals surface area contributed by atoms with Gasteiger partial charge in [-0.15, -0.1) is 0 Å². The highest BCUT2D eigenvalue weighted by atomic mass is 35.5. The van der Waals surface area contributed by atoms with Gasteiger partial charge in [0.05, 0.1) is 11.1 Å². The molecule has 3 rings (SSSR count). The summed E-state index contributed by atoms with van der Waals surface area (Å²) in [6, 6.07) is 14.2. The minimum atomic E-state index is -0.244. The van der Waals surface area contributed by atoms with E-state index in [4.69, 9.17) is 11.6 Å². The Morgan fingerprint density at radius 1 is 0.952 bits per heavy atom. The van der Waals surface area contributed by atoms with Crippen molar-refractivity contribution in [1.29, 1.82) is 0 Å². The van der Waals surface area contributed by atoms with Crippen LogP contribution in [-0.2, 0) is 0 Å². The number of carbonyl (C=O) groups is 2. The molecule has 4 heteroatoms. The molecule has 21 heavy (non-hydrogen) atoms. The Morgan fingerprint density at radius 3 is 2.24 bits per heavy atom. The number of fused-ring (bicyclic) bond motifs is 1. The summed E-state index contributed by atoms with van der Waals surface area (Å²) < 4.78 is 0. The number of hydrogen-bond acceptors (Lipinski definition) is 2. The molecule has 1 heterocycles. The van der Waals surface area contributed by atoms with E-state index in [1.807, 2.05) is 24.3 Å². The molecule has 0 fully saturated rings. The van der Waals surface area contributed by atoms with Crippen LogP contribution in [-0.4, -0.2) is 23.3 Å². The number of nitrogens with zero attached hydrogens (tertiary/aromatic N) is 1. The van der Waals surface area contributed by atoms with Gasteiger partial charge in [-0.25, -0.2) is 0 Å². The van der Waals surface area contributed by atoms with Crippen molar-refractivity contribution in [3.8, 4) is 0 Å². The summed E-state index contributed by atoms with van der Waals surface area (Å²) in [6.45, 7) is 0.249. The molecule has 0 radical (unpaired) electrons. The average Bonchev–Trinajstić information content (AvgIpc) is 2.73. The normalized spacial score (nSPS) is 14.0. The van der Waals surface area contributed by atoms with Crippen molar-refractivity contribution >= 4 is 29.5 Å². The van der Waals surface area contributed by atoms with E-state index in [-0.39, 0.29) is 18.4 Å². The van der Waals surface area contributed by atoms with Gasteiger partial charge in [0.1, 0.15) is 0 Å². The van der Waals surface area contributed by atoms with Crippen molar-refractivity contribution in [2.45, 2.75) is 0 Å². The van der Waals surface area contributed by atoms with Crippen molar-refractivity contribution in [3.05, 3.63) is 76.3 Å². The summed E-state index contributed by atoms with van der Waals surface area (Å²) in [5.74, 6) is -0.488. The topological polar surface area (TPSA) is 37.4 Å². The quantitative estimate of drug-likeness (QED) is 0.811. The van der Waals surface area contributed by atoms with E-state index in [0.29, 0.717) is 16.1 Å². The first-order valence-electron chi connectivity index (χ1n) is 6.54. The van der Waals surface area contributed by atoms with Gasteiger partial charge in [0.2, 0.25) is 0 Å². The molecule has 2 aromatic carbocycles. The maximum absolute atomic E-state index is 12.2. The summed E-state index contributed by atoms with van der Waals surface area (Å²) in [7, 11) is 0. The first-order valence-corrected chi connectivity index (χ1v) is 6.92. The molecule has 0 saturated heterocycles. The van der Waals surface area contributed by atoms with Crippen molar-refractivity contribution in [1.82, 2.24) is 4.90 Å². The van der Waals surface area contributed by atoms with E-state index in [2.05, 4.69) is 0 Å². The van der Waals surface area contributed by atoms with Crippen molar-refractivity contribution < 1.29 is 9.59 Å². The highest BCUT2D eigenvalue weighted by Gasteiger charge is 2.33. The van der Waals surface area contributed by atoms with E-state index in [0.717, 1.165) is 5.56 Å². The number of benzene rings is 2. The molecule has 1 aliphatic rings. The molecule has 1 aliphatic heterocycles. The van der Waals surface area contributed by atoms with E-state index in [1.165, 1.54) is 4.90 Å². The minimum absolute atomic E-state index is 0.244. The molecule has 0 unspecified atom stereocenters. The molecule has 0 atom stereocenters. The van der Waals surface area contributed by atoms with E-state index >= 15 is 0 Å². The second-order valence-electron chi connectivity index (χ2n) is 4.72. The highest BCUT2D eigenvalue weighted by Crippen LogP contribution is 2.22. The number of hydrogen-bond donors (Lipinski definition) is 0. The van der Waals surface area contributed by atoms with Gasteiger partial charge < -0.3 is 0 Å². The second-order valence-corrected chi connectivity index (χ2v) is 5.16. The Balaban J connectivity index is 1.75. The Hall–Kier alpha value is -2.39. The highest BCUT2D eigenvalue weighted by molar-refractivity contribution is 6.30. The fraction of sp³-hybridized carbons (Fsp3) is 0.0588. The van der Waals surface area contributed by atoms with Crippen LogP contribution in [0.25, 0.3) is 6.08 Å². The van der Waals surface area contributed by atoms with Gasteiger partial charge in [0.15, 0.2) is 0 Å². The molecule has 0 bridgehead atoms. The van der Waals surface area contributed by atoms with Gasteiger partial charge in [-0.05, 0) is 29.8 Å². The average molecular weight is 298 g/mol. The van der Waals surface area contributed by atoms with E-state index < -0.39 is 0 Å². The monoisotopic (exact) mass is 297 g/mol. The molecule has 0 spiro atoms. The molecular weight excluding hydrogens is 286 g/mol. The lowest BCUT2D eigenvalue weighted by Crippen LogP contribution is -2.29. The number of rotatable bonds is 3. The number of amides is 2. The first-order chi connectivity index (χ1) is 10.2. The largest absolute Gasteiger partial charge is 0.270 e. The molecule has 3 nitrogen and oxygen atoms in total. The maximum atomic E-state index is 12.2. The zero-order chi connectivity index (χ0) is 14.8. The molecule has 0 aromatic heterocycles. The zero-order valence-electron chi connectivity index (χ0n) is 11.1. The van der Waals surface area contributed by atoms with Gasteiger partial charge in [0.25, 0.3) is 11.8 Å². The lowest BCUT2D eigenvalue weighted by molar-refractivity contribution is 0.0672. The second kappa shape index (κ2) is 5.54. The van der Waals surface area contributed by atoms with Crippen LogP contribution in [0, 0.1) is 0 Å². The van der Waals surface area contributed by atoms with Crippen molar-refractivity contribution in [3.63, 3.8) is 0 Å². The third kappa shape index (κ3) is 2.60. The van der Waals surface area contributed by atoms with Crippen LogP contribution in [0.5, 0.6) is 0 Å². The van der Waals surface area contributed by atoms with Gasteiger partial charge in [-0.3, -0.25) is 14.5 Å². The van der Waals surface area contributed by atoms with Gasteiger partial charge in [0, 0.05) is 11.6 Å². The summed E-state index contributed by atoms with van der Waals surface area (Å²) in [5.41, 5.74) is 1.87. The third-order valence-corrected chi connectivity index (χ3v) is 3.56. The van der Waals surface area contributed by atoms with Gasteiger partial charge >= 0.3 is 0 Å². The Morgan fingerprint density at radius 2 is 1.62 bits per heavy atom. The van der Waals surface area contributed by atoms with Crippen molar-refractivity contribution in [2.75, 3.05) is 6.54 Å². The lowest BCUT2D eigenvalue weighted by Gasteiger charge is -2.10. The van der Waals surface area contributed by atoms with Crippen LogP contribution in [0.4, 0.5) is 0 Å².